The van der Waals surface area contributed by atoms with E-state index in [4.69, 9.17) is 0 Å². The molecule has 0 aliphatic rings. The summed E-state index contributed by atoms with van der Waals surface area (Å²) < 4.78 is 0. The summed E-state index contributed by atoms with van der Waals surface area (Å²) in [6.45, 7) is 15.5. The molecule has 0 saturated carbocycles. The lowest BCUT2D eigenvalue weighted by molar-refractivity contribution is 0.590. The highest BCUT2D eigenvalue weighted by Crippen LogP contribution is 2.28. The molecule has 1 heteroatoms. The zero-order valence-electron chi connectivity index (χ0n) is 16.7. The molecule has 0 atom stereocenters. The molecule has 3 rings (SSSR count). The Morgan fingerprint density at radius 1 is 0.720 bits per heavy atom. The lowest BCUT2D eigenvalue weighted by Crippen LogP contribution is -2.11. The molecule has 0 spiro atoms. The van der Waals surface area contributed by atoms with Crippen molar-refractivity contribution in [2.45, 2.75) is 59.3 Å². The van der Waals surface area contributed by atoms with Gasteiger partial charge >= 0.3 is 0 Å². The van der Waals surface area contributed by atoms with E-state index in [1.807, 2.05) is 12.3 Å². The monoisotopic (exact) mass is 333 g/mol. The van der Waals surface area contributed by atoms with Crippen LogP contribution in [0.3, 0.4) is 0 Å². The number of aromatic nitrogens is 1. The summed E-state index contributed by atoms with van der Waals surface area (Å²) in [6, 6.07) is 19.2. The van der Waals surface area contributed by atoms with Crippen molar-refractivity contribution in [3.05, 3.63) is 77.5 Å². The smallest absolute Gasteiger partial charge is 0.0739 e. The number of rotatable bonds is 0. The van der Waals surface area contributed by atoms with Crippen molar-refractivity contribution < 1.29 is 0 Å². The summed E-state index contributed by atoms with van der Waals surface area (Å²) in [7, 11) is 0. The van der Waals surface area contributed by atoms with Gasteiger partial charge in [-0.2, -0.15) is 0 Å². The van der Waals surface area contributed by atoms with Crippen molar-refractivity contribution >= 4 is 10.9 Å². The third kappa shape index (κ3) is 5.16. The molecule has 0 bridgehead atoms. The highest BCUT2D eigenvalue weighted by Gasteiger charge is 2.16. The van der Waals surface area contributed by atoms with Crippen LogP contribution in [0.2, 0.25) is 0 Å². The van der Waals surface area contributed by atoms with E-state index in [0.717, 1.165) is 5.52 Å². The van der Waals surface area contributed by atoms with Crippen LogP contribution >= 0.6 is 0 Å². The Morgan fingerprint density at radius 2 is 1.36 bits per heavy atom. The number of hydrogen-bond donors (Lipinski definition) is 0. The van der Waals surface area contributed by atoms with Gasteiger partial charge in [-0.3, -0.25) is 4.98 Å². The Balaban J connectivity index is 0.000000186. The number of benzene rings is 2. The number of nitrogens with zero attached hydrogens (tertiary/aromatic N) is 1. The Bertz CT molecular complexity index is 827. The molecule has 3 aromatic rings. The lowest BCUT2D eigenvalue weighted by atomic mass is 9.85. The molecule has 0 N–H and O–H groups in total. The van der Waals surface area contributed by atoms with Gasteiger partial charge in [-0.25, -0.2) is 0 Å². The van der Waals surface area contributed by atoms with Crippen LogP contribution < -0.4 is 0 Å². The average Bonchev–Trinajstić information content (AvgIpc) is 2.53. The van der Waals surface area contributed by atoms with E-state index >= 15 is 0 Å². The van der Waals surface area contributed by atoms with Gasteiger partial charge in [0.05, 0.1) is 5.52 Å². The number of hydrogen-bond acceptors (Lipinski definition) is 1. The van der Waals surface area contributed by atoms with Crippen LogP contribution in [-0.4, -0.2) is 4.98 Å². The van der Waals surface area contributed by atoms with Gasteiger partial charge < -0.3 is 0 Å². The Morgan fingerprint density at radius 3 is 1.92 bits per heavy atom. The van der Waals surface area contributed by atoms with Gasteiger partial charge in [0.1, 0.15) is 0 Å². The van der Waals surface area contributed by atoms with E-state index in [2.05, 4.69) is 102 Å². The number of para-hydroxylation sites is 1. The van der Waals surface area contributed by atoms with E-state index in [9.17, 15) is 0 Å². The second kappa shape index (κ2) is 7.39. The largest absolute Gasteiger partial charge is 0.256 e. The van der Waals surface area contributed by atoms with E-state index in [-0.39, 0.29) is 10.8 Å². The maximum atomic E-state index is 4.45. The van der Waals surface area contributed by atoms with Crippen LogP contribution in [0.15, 0.2) is 60.8 Å². The molecular formula is C24H31N. The fourth-order valence-corrected chi connectivity index (χ4v) is 2.82. The van der Waals surface area contributed by atoms with Crippen molar-refractivity contribution in [2.75, 3.05) is 0 Å². The minimum absolute atomic E-state index is 0.161. The first kappa shape index (κ1) is 19.2. The molecule has 0 aliphatic heterocycles. The standard InChI is InChI=1S/C13H15N.C11H16/c1-13(2,3)11-8-4-6-10-7-5-9-14-12(10)11;1-9-6-5-7-10(8-9)11(2,3)4/h4-9H,1-3H3;5-8H,1-4H3. The quantitative estimate of drug-likeness (QED) is 0.439. The molecule has 2 aromatic carbocycles. The van der Waals surface area contributed by atoms with Crippen LogP contribution in [0.4, 0.5) is 0 Å². The summed E-state index contributed by atoms with van der Waals surface area (Å²) in [5.74, 6) is 0. The average molecular weight is 334 g/mol. The van der Waals surface area contributed by atoms with Crippen LogP contribution in [0.25, 0.3) is 10.9 Å². The lowest BCUT2D eigenvalue weighted by Gasteiger charge is -2.20. The Kier molecular flexibility index (Phi) is 5.67. The van der Waals surface area contributed by atoms with Crippen molar-refractivity contribution in [1.29, 1.82) is 0 Å². The summed E-state index contributed by atoms with van der Waals surface area (Å²) >= 11 is 0. The van der Waals surface area contributed by atoms with Crippen molar-refractivity contribution in [3.8, 4) is 0 Å². The first-order chi connectivity index (χ1) is 11.6. The zero-order valence-corrected chi connectivity index (χ0v) is 16.7. The van der Waals surface area contributed by atoms with E-state index in [0.29, 0.717) is 0 Å². The highest BCUT2D eigenvalue weighted by molar-refractivity contribution is 5.82. The van der Waals surface area contributed by atoms with Crippen LogP contribution in [-0.2, 0) is 10.8 Å². The first-order valence-electron chi connectivity index (χ1n) is 9.00. The molecule has 0 saturated heterocycles. The molecule has 1 heterocycles. The number of aryl methyl sites for hydroxylation is 1. The molecule has 1 aromatic heterocycles. The van der Waals surface area contributed by atoms with Crippen molar-refractivity contribution in [2.24, 2.45) is 0 Å². The molecule has 0 unspecified atom stereocenters. The maximum Gasteiger partial charge on any atom is 0.0739 e. The number of fused-ring (bicyclic) bond motifs is 1. The van der Waals surface area contributed by atoms with Gasteiger partial charge in [0.25, 0.3) is 0 Å². The molecule has 0 amide bonds. The van der Waals surface area contributed by atoms with Crippen LogP contribution in [0.1, 0.15) is 58.2 Å². The fraction of sp³-hybridized carbons (Fsp3) is 0.375. The van der Waals surface area contributed by atoms with Crippen molar-refractivity contribution in [3.63, 3.8) is 0 Å². The first-order valence-corrected chi connectivity index (χ1v) is 9.00. The highest BCUT2D eigenvalue weighted by atomic mass is 14.7. The summed E-state index contributed by atoms with van der Waals surface area (Å²) in [6.07, 6.45) is 1.86. The molecule has 0 aliphatic carbocycles. The van der Waals surface area contributed by atoms with Gasteiger partial charge in [-0.1, -0.05) is 95.6 Å². The summed E-state index contributed by atoms with van der Waals surface area (Å²) in [5.41, 5.74) is 5.65. The molecule has 0 fully saturated rings. The van der Waals surface area contributed by atoms with E-state index in [1.54, 1.807) is 0 Å². The minimum atomic E-state index is 0.161. The van der Waals surface area contributed by atoms with Crippen LogP contribution in [0, 0.1) is 6.92 Å². The van der Waals surface area contributed by atoms with Gasteiger partial charge in [-0.05, 0) is 34.9 Å². The molecule has 132 valence electrons. The van der Waals surface area contributed by atoms with Gasteiger partial charge in [0.15, 0.2) is 0 Å². The van der Waals surface area contributed by atoms with Crippen molar-refractivity contribution in [1.82, 2.24) is 4.98 Å². The molecule has 1 nitrogen and oxygen atoms in total. The topological polar surface area (TPSA) is 12.9 Å². The molecule has 25 heavy (non-hydrogen) atoms. The normalized spacial score (nSPS) is 11.8. The van der Waals surface area contributed by atoms with Crippen LogP contribution in [0.5, 0.6) is 0 Å². The third-order valence-electron chi connectivity index (χ3n) is 4.32. The Labute approximate surface area is 153 Å². The molecule has 0 radical (unpaired) electrons. The third-order valence-corrected chi connectivity index (χ3v) is 4.32. The predicted molar refractivity (Wildman–Crippen MR) is 110 cm³/mol. The van der Waals surface area contributed by atoms with Gasteiger partial charge in [0, 0.05) is 11.6 Å². The second-order valence-corrected chi connectivity index (χ2v) is 8.75. The van der Waals surface area contributed by atoms with Gasteiger partial charge in [-0.15, -0.1) is 0 Å². The maximum absolute atomic E-state index is 4.45. The Hall–Kier alpha value is -2.15. The van der Waals surface area contributed by atoms with E-state index in [1.165, 1.54) is 22.1 Å². The summed E-state index contributed by atoms with van der Waals surface area (Å²) in [4.78, 5) is 4.45. The number of pyridine rings is 1. The predicted octanol–water partition coefficient (Wildman–Crippen LogP) is 6.82. The van der Waals surface area contributed by atoms with Gasteiger partial charge in [0.2, 0.25) is 0 Å². The zero-order chi connectivity index (χ0) is 18.7. The molecular weight excluding hydrogens is 302 g/mol. The summed E-state index contributed by atoms with van der Waals surface area (Å²) in [5, 5.41) is 1.22. The minimum Gasteiger partial charge on any atom is -0.256 e. The fourth-order valence-electron chi connectivity index (χ4n) is 2.82. The second-order valence-electron chi connectivity index (χ2n) is 8.75. The SMILES string of the molecule is CC(C)(C)c1cccc2cccnc12.Cc1cccc(C(C)(C)C)c1. The van der Waals surface area contributed by atoms with E-state index < -0.39 is 0 Å².